The molecule has 6 heteroatoms. The van der Waals surface area contributed by atoms with Crippen LogP contribution in [0.15, 0.2) is 36.7 Å². The van der Waals surface area contributed by atoms with E-state index >= 15 is 0 Å². The monoisotopic (exact) mass is 397 g/mol. The van der Waals surface area contributed by atoms with E-state index in [1.165, 1.54) is 6.20 Å². The molecule has 1 N–H and O–H groups in total. The fourth-order valence-electron chi connectivity index (χ4n) is 5.02. The molecular formula is C22H24ClN3O2. The summed E-state index contributed by atoms with van der Waals surface area (Å²) < 4.78 is 0. The first-order valence-electron chi connectivity index (χ1n) is 9.79. The number of aromatic nitrogens is 2. The van der Waals surface area contributed by atoms with Crippen LogP contribution in [0.1, 0.15) is 71.5 Å². The van der Waals surface area contributed by atoms with E-state index in [4.69, 9.17) is 11.6 Å². The van der Waals surface area contributed by atoms with Crippen molar-refractivity contribution in [2.24, 2.45) is 5.41 Å². The Labute approximate surface area is 169 Å². The summed E-state index contributed by atoms with van der Waals surface area (Å²) in [6.07, 6.45) is 9.35. The summed E-state index contributed by atoms with van der Waals surface area (Å²) in [4.78, 5) is 34.0. The first-order chi connectivity index (χ1) is 13.4. The van der Waals surface area contributed by atoms with Gasteiger partial charge >= 0.3 is 0 Å². The number of carbonyl (C=O) groups is 2. The lowest BCUT2D eigenvalue weighted by Crippen LogP contribution is -2.49. The number of Topliss-reactive ketones (excluding diaryl/α,β-unsaturated/α-hetero) is 1. The van der Waals surface area contributed by atoms with Crippen LogP contribution in [0.4, 0.5) is 0 Å². The lowest BCUT2D eigenvalue weighted by atomic mass is 9.70. The molecular weight excluding hydrogens is 374 g/mol. The second-order valence-corrected chi connectivity index (χ2v) is 8.86. The molecule has 5 nitrogen and oxygen atoms in total. The first-order valence-corrected chi connectivity index (χ1v) is 10.2. The third-order valence-corrected chi connectivity index (χ3v) is 6.49. The molecule has 0 spiro atoms. The average molecular weight is 398 g/mol. The molecule has 2 atom stereocenters. The first kappa shape index (κ1) is 19.1. The van der Waals surface area contributed by atoms with Gasteiger partial charge in [-0.05, 0) is 56.6 Å². The number of halogens is 1. The van der Waals surface area contributed by atoms with Crippen LogP contribution in [-0.2, 0) is 0 Å². The van der Waals surface area contributed by atoms with E-state index in [1.807, 2.05) is 19.1 Å². The van der Waals surface area contributed by atoms with Crippen molar-refractivity contribution in [3.05, 3.63) is 58.6 Å². The molecule has 2 bridgehead atoms. The van der Waals surface area contributed by atoms with E-state index in [2.05, 4.69) is 15.3 Å². The molecule has 146 valence electrons. The summed E-state index contributed by atoms with van der Waals surface area (Å²) in [6.45, 7) is 1.82. The number of hydrogen-bond acceptors (Lipinski definition) is 4. The van der Waals surface area contributed by atoms with Gasteiger partial charge in [-0.25, -0.2) is 4.98 Å². The van der Waals surface area contributed by atoms with Gasteiger partial charge in [-0.1, -0.05) is 30.2 Å². The lowest BCUT2D eigenvalue weighted by molar-refractivity contribution is 0.0800. The summed E-state index contributed by atoms with van der Waals surface area (Å²) in [6, 6.07) is 7.16. The van der Waals surface area contributed by atoms with Crippen LogP contribution in [0, 0.1) is 12.3 Å². The second-order valence-electron chi connectivity index (χ2n) is 8.42. The highest BCUT2D eigenvalue weighted by atomic mass is 35.5. The SMILES string of the molecule is Cc1cncc(C(=O)NC23CCCC(CC(=O)c4cccc(Cl)c4)(CC2)C3)n1. The quantitative estimate of drug-likeness (QED) is 0.752. The van der Waals surface area contributed by atoms with Crippen molar-refractivity contribution < 1.29 is 9.59 Å². The molecule has 1 aromatic heterocycles. The molecule has 1 aromatic carbocycles. The van der Waals surface area contributed by atoms with Crippen LogP contribution < -0.4 is 5.32 Å². The van der Waals surface area contributed by atoms with Crippen molar-refractivity contribution in [1.29, 1.82) is 0 Å². The Balaban J connectivity index is 1.48. The number of rotatable bonds is 5. The number of fused-ring (bicyclic) bond motifs is 2. The number of nitrogens with one attached hydrogen (secondary N) is 1. The second kappa shape index (κ2) is 7.28. The van der Waals surface area contributed by atoms with Crippen molar-refractivity contribution in [2.45, 2.75) is 57.4 Å². The van der Waals surface area contributed by atoms with E-state index in [0.29, 0.717) is 22.7 Å². The van der Waals surface area contributed by atoms with Crippen LogP contribution in [0.3, 0.4) is 0 Å². The molecule has 0 saturated heterocycles. The van der Waals surface area contributed by atoms with Crippen molar-refractivity contribution in [3.8, 4) is 0 Å². The van der Waals surface area contributed by atoms with Crippen LogP contribution in [0.2, 0.25) is 5.02 Å². The maximum absolute atomic E-state index is 12.9. The maximum atomic E-state index is 12.9. The Bertz CT molecular complexity index is 858. The van der Waals surface area contributed by atoms with E-state index in [0.717, 1.165) is 44.2 Å². The van der Waals surface area contributed by atoms with Crippen molar-refractivity contribution >= 4 is 23.3 Å². The molecule has 0 radical (unpaired) electrons. The van der Waals surface area contributed by atoms with Gasteiger partial charge in [-0.3, -0.25) is 14.6 Å². The van der Waals surface area contributed by atoms with E-state index < -0.39 is 0 Å². The smallest absolute Gasteiger partial charge is 0.271 e. The summed E-state index contributed by atoms with van der Waals surface area (Å²) >= 11 is 6.05. The van der Waals surface area contributed by atoms with Crippen molar-refractivity contribution in [2.75, 3.05) is 0 Å². The predicted molar refractivity (Wildman–Crippen MR) is 108 cm³/mol. The molecule has 2 aliphatic rings. The van der Waals surface area contributed by atoms with Gasteiger partial charge in [0.2, 0.25) is 0 Å². The fourth-order valence-corrected chi connectivity index (χ4v) is 5.21. The van der Waals surface area contributed by atoms with Crippen molar-refractivity contribution in [3.63, 3.8) is 0 Å². The molecule has 2 aromatic rings. The lowest BCUT2D eigenvalue weighted by Gasteiger charge is -2.39. The number of aryl methyl sites for hydroxylation is 1. The molecule has 4 rings (SSSR count). The van der Waals surface area contributed by atoms with Gasteiger partial charge in [0.1, 0.15) is 5.69 Å². The Hall–Kier alpha value is -2.27. The number of nitrogens with zero attached hydrogens (tertiary/aromatic N) is 2. The summed E-state index contributed by atoms with van der Waals surface area (Å²) in [5.74, 6) is -0.0360. The van der Waals surface area contributed by atoms with Crippen LogP contribution in [0.25, 0.3) is 0 Å². The molecule has 28 heavy (non-hydrogen) atoms. The summed E-state index contributed by atoms with van der Waals surface area (Å²) in [5.41, 5.74) is 1.47. The molecule has 1 amide bonds. The average Bonchev–Trinajstić information content (AvgIpc) is 2.91. The zero-order valence-electron chi connectivity index (χ0n) is 16.0. The van der Waals surface area contributed by atoms with Gasteiger partial charge in [0.15, 0.2) is 5.78 Å². The largest absolute Gasteiger partial charge is 0.345 e. The van der Waals surface area contributed by atoms with Crippen molar-refractivity contribution in [1.82, 2.24) is 15.3 Å². The summed E-state index contributed by atoms with van der Waals surface area (Å²) in [5, 5.41) is 3.82. The van der Waals surface area contributed by atoms with Gasteiger partial charge in [0.25, 0.3) is 5.91 Å². The third-order valence-electron chi connectivity index (χ3n) is 6.26. The molecule has 2 unspecified atom stereocenters. The van der Waals surface area contributed by atoms with Gasteiger partial charge in [0.05, 0.1) is 11.9 Å². The molecule has 2 aliphatic carbocycles. The standard InChI is InChI=1S/C22H24ClN3O2/c1-15-12-24-13-18(25-15)20(28)26-22-7-3-6-21(14-22,8-9-22)11-19(27)16-4-2-5-17(23)10-16/h2,4-5,10,12-13H,3,6-9,11,14H2,1H3,(H,26,28). The fraction of sp³-hybridized carbons (Fsp3) is 0.455. The highest BCUT2D eigenvalue weighted by Gasteiger charge is 2.52. The van der Waals surface area contributed by atoms with Crippen LogP contribution in [0.5, 0.6) is 0 Å². The molecule has 2 fully saturated rings. The highest BCUT2D eigenvalue weighted by Crippen LogP contribution is 2.55. The van der Waals surface area contributed by atoms with Gasteiger partial charge in [-0.15, -0.1) is 0 Å². The third kappa shape index (κ3) is 3.81. The minimum Gasteiger partial charge on any atom is -0.345 e. The number of amides is 1. The van der Waals surface area contributed by atoms with E-state index in [1.54, 1.807) is 18.3 Å². The predicted octanol–water partition coefficient (Wildman–Crippen LogP) is 4.53. The zero-order chi connectivity index (χ0) is 19.8. The molecule has 2 saturated carbocycles. The number of ketones is 1. The van der Waals surface area contributed by atoms with E-state index in [-0.39, 0.29) is 22.6 Å². The number of carbonyl (C=O) groups excluding carboxylic acids is 2. The van der Waals surface area contributed by atoms with Gasteiger partial charge in [0, 0.05) is 28.7 Å². The van der Waals surface area contributed by atoms with Crippen LogP contribution >= 0.6 is 11.6 Å². The Morgan fingerprint density at radius 2 is 2.04 bits per heavy atom. The molecule has 0 aliphatic heterocycles. The number of hydrogen-bond donors (Lipinski definition) is 1. The van der Waals surface area contributed by atoms with E-state index in [9.17, 15) is 9.59 Å². The maximum Gasteiger partial charge on any atom is 0.271 e. The minimum absolute atomic E-state index is 0.0385. The van der Waals surface area contributed by atoms with Gasteiger partial charge in [-0.2, -0.15) is 0 Å². The Morgan fingerprint density at radius 3 is 2.82 bits per heavy atom. The van der Waals surface area contributed by atoms with Gasteiger partial charge < -0.3 is 5.32 Å². The Morgan fingerprint density at radius 1 is 1.18 bits per heavy atom. The normalized spacial score (nSPS) is 26.1. The highest BCUT2D eigenvalue weighted by molar-refractivity contribution is 6.31. The summed E-state index contributed by atoms with van der Waals surface area (Å²) in [7, 11) is 0. The van der Waals surface area contributed by atoms with Crippen LogP contribution in [-0.4, -0.2) is 27.2 Å². The zero-order valence-corrected chi connectivity index (χ0v) is 16.8. The Kier molecular flexibility index (Phi) is 4.96. The molecule has 1 heterocycles. The number of benzene rings is 1. The topological polar surface area (TPSA) is 72.0 Å². The minimum atomic E-state index is -0.241.